The monoisotopic (exact) mass is 435 g/mol. The molecule has 2 aromatic rings. The molecule has 2 atom stereocenters. The Bertz CT molecular complexity index is 1080. The summed E-state index contributed by atoms with van der Waals surface area (Å²) in [7, 11) is 0. The zero-order valence-electron chi connectivity index (χ0n) is 17.8. The standard InChI is InChI=1S/C25H26FN3OS/c1-16-6-8-18(9-7-16)12-24(30)28-25-21(13-27)22-15-29(17(2)10-23(22)31-25)14-19-4-3-5-20(26)11-19/h3-9,17,19H,10-12,14-15H2,1-2H3,(H,28,30). The molecule has 1 aliphatic carbocycles. The fourth-order valence-corrected chi connectivity index (χ4v) is 5.54. The molecule has 2 heterocycles. The van der Waals surface area contributed by atoms with Crippen LogP contribution in [0.3, 0.4) is 0 Å². The lowest BCUT2D eigenvalue weighted by Gasteiger charge is -2.35. The highest BCUT2D eigenvalue weighted by molar-refractivity contribution is 7.16. The number of halogens is 1. The van der Waals surface area contributed by atoms with Gasteiger partial charge >= 0.3 is 0 Å². The molecule has 4 nitrogen and oxygen atoms in total. The third-order valence-electron chi connectivity index (χ3n) is 5.99. The molecule has 2 aliphatic rings. The van der Waals surface area contributed by atoms with E-state index in [2.05, 4.69) is 29.3 Å². The third kappa shape index (κ3) is 4.95. The lowest BCUT2D eigenvalue weighted by atomic mass is 9.95. The lowest BCUT2D eigenvalue weighted by molar-refractivity contribution is -0.115. The van der Waals surface area contributed by atoms with Crippen molar-refractivity contribution < 1.29 is 9.18 Å². The van der Waals surface area contributed by atoms with E-state index < -0.39 is 0 Å². The minimum Gasteiger partial charge on any atom is -0.316 e. The minimum atomic E-state index is -0.113. The quantitative estimate of drug-likeness (QED) is 0.695. The number of hydrogen-bond acceptors (Lipinski definition) is 4. The van der Waals surface area contributed by atoms with Crippen molar-refractivity contribution in [2.45, 2.75) is 45.7 Å². The maximum atomic E-state index is 13.7. The normalized spacial score (nSPS) is 20.6. The van der Waals surface area contributed by atoms with Gasteiger partial charge in [0.1, 0.15) is 16.9 Å². The van der Waals surface area contributed by atoms with Crippen LogP contribution in [0.4, 0.5) is 9.39 Å². The van der Waals surface area contributed by atoms with Gasteiger partial charge in [0.05, 0.1) is 12.0 Å². The van der Waals surface area contributed by atoms with Gasteiger partial charge in [-0.1, -0.05) is 42.0 Å². The van der Waals surface area contributed by atoms with Crippen molar-refractivity contribution in [3.05, 3.63) is 75.5 Å². The number of thiophene rings is 1. The van der Waals surface area contributed by atoms with Crippen LogP contribution in [0.1, 0.15) is 40.5 Å². The van der Waals surface area contributed by atoms with Crippen LogP contribution in [-0.2, 0) is 24.2 Å². The minimum absolute atomic E-state index is 0.0790. The molecule has 160 valence electrons. The molecule has 1 aliphatic heterocycles. The Morgan fingerprint density at radius 2 is 2.10 bits per heavy atom. The summed E-state index contributed by atoms with van der Waals surface area (Å²) in [6.07, 6.45) is 6.91. The van der Waals surface area contributed by atoms with E-state index >= 15 is 0 Å². The Morgan fingerprint density at radius 1 is 1.32 bits per heavy atom. The molecule has 1 N–H and O–H groups in total. The summed E-state index contributed by atoms with van der Waals surface area (Å²) in [5.41, 5.74) is 3.68. The molecule has 31 heavy (non-hydrogen) atoms. The van der Waals surface area contributed by atoms with Gasteiger partial charge in [-0.05, 0) is 37.8 Å². The molecule has 0 spiro atoms. The Morgan fingerprint density at radius 3 is 2.81 bits per heavy atom. The molecule has 0 fully saturated rings. The van der Waals surface area contributed by atoms with Crippen molar-refractivity contribution in [1.82, 2.24) is 4.90 Å². The summed E-state index contributed by atoms with van der Waals surface area (Å²) in [6.45, 7) is 5.60. The zero-order chi connectivity index (χ0) is 22.0. The molecule has 0 bridgehead atoms. The maximum absolute atomic E-state index is 13.7. The van der Waals surface area contributed by atoms with Crippen molar-refractivity contribution >= 4 is 22.2 Å². The highest BCUT2D eigenvalue weighted by atomic mass is 32.1. The van der Waals surface area contributed by atoms with Crippen LogP contribution in [0.5, 0.6) is 0 Å². The summed E-state index contributed by atoms with van der Waals surface area (Å²) in [5.74, 6) is -0.0463. The number of amides is 1. The number of anilines is 1. The van der Waals surface area contributed by atoms with E-state index in [1.807, 2.05) is 31.2 Å². The first-order valence-electron chi connectivity index (χ1n) is 10.6. The lowest BCUT2D eigenvalue weighted by Crippen LogP contribution is -2.40. The van der Waals surface area contributed by atoms with Gasteiger partial charge in [0.2, 0.25) is 5.91 Å². The molecule has 4 rings (SSSR count). The van der Waals surface area contributed by atoms with Crippen LogP contribution in [0.25, 0.3) is 0 Å². The number of hydrogen-bond donors (Lipinski definition) is 1. The molecule has 6 heteroatoms. The van der Waals surface area contributed by atoms with Crippen LogP contribution in [-0.4, -0.2) is 23.4 Å². The van der Waals surface area contributed by atoms with Gasteiger partial charge in [-0.2, -0.15) is 5.26 Å². The Kier molecular flexibility index (Phi) is 6.35. The number of carbonyl (C=O) groups excluding carboxylic acids is 1. The first kappa shape index (κ1) is 21.5. The number of benzene rings is 1. The molecular formula is C25H26FN3OS. The van der Waals surface area contributed by atoms with E-state index in [9.17, 15) is 14.4 Å². The highest BCUT2D eigenvalue weighted by Crippen LogP contribution is 2.39. The third-order valence-corrected chi connectivity index (χ3v) is 7.16. The zero-order valence-corrected chi connectivity index (χ0v) is 18.6. The number of allylic oxidation sites excluding steroid dienone is 3. The van der Waals surface area contributed by atoms with Crippen LogP contribution in [0, 0.1) is 24.2 Å². The molecule has 0 saturated heterocycles. The average molecular weight is 436 g/mol. The van der Waals surface area contributed by atoms with E-state index in [-0.39, 0.29) is 24.1 Å². The SMILES string of the molecule is Cc1ccc(CC(=O)Nc2sc3c(c2C#N)CN(CC2C=CC=C(F)C2)C(C)C3)cc1. The maximum Gasteiger partial charge on any atom is 0.229 e. The number of fused-ring (bicyclic) bond motifs is 1. The Balaban J connectivity index is 1.47. The van der Waals surface area contributed by atoms with E-state index in [1.165, 1.54) is 17.4 Å². The summed E-state index contributed by atoms with van der Waals surface area (Å²) in [4.78, 5) is 16.1. The van der Waals surface area contributed by atoms with Crippen molar-refractivity contribution in [1.29, 1.82) is 5.26 Å². The molecule has 0 saturated carbocycles. The summed E-state index contributed by atoms with van der Waals surface area (Å²) in [5, 5.41) is 13.4. The predicted molar refractivity (Wildman–Crippen MR) is 123 cm³/mol. The molecule has 1 aromatic carbocycles. The number of nitriles is 1. The Labute approximate surface area is 186 Å². The van der Waals surface area contributed by atoms with Gasteiger partial charge in [0.15, 0.2) is 0 Å². The van der Waals surface area contributed by atoms with Gasteiger partial charge in [-0.25, -0.2) is 4.39 Å². The van der Waals surface area contributed by atoms with Gasteiger partial charge in [-0.3, -0.25) is 9.69 Å². The van der Waals surface area contributed by atoms with E-state index in [1.54, 1.807) is 6.08 Å². The second-order valence-corrected chi connectivity index (χ2v) is 9.58. The van der Waals surface area contributed by atoms with Crippen LogP contribution >= 0.6 is 11.3 Å². The smallest absolute Gasteiger partial charge is 0.229 e. The predicted octanol–water partition coefficient (Wildman–Crippen LogP) is 5.29. The van der Waals surface area contributed by atoms with Crippen molar-refractivity contribution in [3.63, 3.8) is 0 Å². The Hall–Kier alpha value is -2.75. The molecule has 0 radical (unpaired) electrons. The number of aryl methyl sites for hydroxylation is 1. The largest absolute Gasteiger partial charge is 0.316 e. The van der Waals surface area contributed by atoms with Crippen molar-refractivity contribution in [3.8, 4) is 6.07 Å². The van der Waals surface area contributed by atoms with Crippen molar-refractivity contribution in [2.75, 3.05) is 11.9 Å². The van der Waals surface area contributed by atoms with Crippen molar-refractivity contribution in [2.24, 2.45) is 5.92 Å². The fourth-order valence-electron chi connectivity index (χ4n) is 4.24. The van der Waals surface area contributed by atoms with E-state index in [0.29, 0.717) is 29.6 Å². The first-order chi connectivity index (χ1) is 14.9. The van der Waals surface area contributed by atoms with Gasteiger partial charge in [-0.15, -0.1) is 11.3 Å². The molecule has 1 aromatic heterocycles. The second kappa shape index (κ2) is 9.17. The van der Waals surface area contributed by atoms with Crippen LogP contribution < -0.4 is 5.32 Å². The average Bonchev–Trinajstić information content (AvgIpc) is 3.05. The number of rotatable bonds is 5. The highest BCUT2D eigenvalue weighted by Gasteiger charge is 2.30. The topological polar surface area (TPSA) is 56.1 Å². The fraction of sp³-hybridized carbons (Fsp3) is 0.360. The van der Waals surface area contributed by atoms with Crippen LogP contribution in [0.15, 0.2) is 48.3 Å². The van der Waals surface area contributed by atoms with Gasteiger partial charge < -0.3 is 5.32 Å². The first-order valence-corrected chi connectivity index (χ1v) is 11.4. The van der Waals surface area contributed by atoms with E-state index in [4.69, 9.17) is 0 Å². The number of carbonyl (C=O) groups is 1. The van der Waals surface area contributed by atoms with Crippen LogP contribution in [0.2, 0.25) is 0 Å². The summed E-state index contributed by atoms with van der Waals surface area (Å²) >= 11 is 1.52. The second-order valence-electron chi connectivity index (χ2n) is 8.48. The summed E-state index contributed by atoms with van der Waals surface area (Å²) < 4.78 is 13.7. The van der Waals surface area contributed by atoms with E-state index in [0.717, 1.165) is 34.5 Å². The summed E-state index contributed by atoms with van der Waals surface area (Å²) in [6, 6.07) is 10.5. The van der Waals surface area contributed by atoms with Gasteiger partial charge in [0, 0.05) is 36.0 Å². The molecule has 1 amide bonds. The number of nitrogens with one attached hydrogen (secondary N) is 1. The molecule has 2 unspecified atom stereocenters. The number of nitrogens with zero attached hydrogens (tertiary/aromatic N) is 2. The van der Waals surface area contributed by atoms with Gasteiger partial charge in [0.25, 0.3) is 0 Å². The molecular weight excluding hydrogens is 409 g/mol.